The number of methoxy groups -OCH3 is 1. The Kier molecular flexibility index (Phi) is 6.21. The normalized spacial score (nSPS) is 19.7. The first kappa shape index (κ1) is 21.9. The van der Waals surface area contributed by atoms with E-state index in [-0.39, 0.29) is 17.9 Å². The van der Waals surface area contributed by atoms with Crippen molar-refractivity contribution in [3.8, 4) is 5.75 Å². The lowest BCUT2D eigenvalue weighted by molar-refractivity contribution is -0.137. The number of anilines is 1. The smallest absolute Gasteiger partial charge is 0.332 e. The van der Waals surface area contributed by atoms with E-state index in [1.54, 1.807) is 13.2 Å². The van der Waals surface area contributed by atoms with E-state index in [9.17, 15) is 4.79 Å². The standard InChI is InChI=1S/C26H31N3O3/c1-6-32-24(30)15-17(2)29-26(19-7-11-20(12-8-19)28(3)4)22-14-10-18-9-13-21(31-5)16-23(18)25(22)27-29/h7-9,11-13,15-16,22,26H,6,10,14H2,1-5H3/b17-15-/t22-,26-/m1/s1. The average Bonchev–Trinajstić information content (AvgIpc) is 3.19. The summed E-state index contributed by atoms with van der Waals surface area (Å²) in [5.41, 5.74) is 6.59. The van der Waals surface area contributed by atoms with Crippen LogP contribution in [0.25, 0.3) is 0 Å². The van der Waals surface area contributed by atoms with E-state index in [0.717, 1.165) is 41.3 Å². The molecule has 168 valence electrons. The predicted octanol–water partition coefficient (Wildman–Crippen LogP) is 4.55. The van der Waals surface area contributed by atoms with Crippen LogP contribution in [-0.4, -0.2) is 44.5 Å². The van der Waals surface area contributed by atoms with E-state index >= 15 is 0 Å². The number of aryl methyl sites for hydroxylation is 1. The van der Waals surface area contributed by atoms with Gasteiger partial charge in [-0.3, -0.25) is 5.01 Å². The number of allylic oxidation sites excluding steroid dienone is 1. The van der Waals surface area contributed by atoms with Gasteiger partial charge in [-0.2, -0.15) is 5.10 Å². The van der Waals surface area contributed by atoms with Crippen molar-refractivity contribution in [1.82, 2.24) is 5.01 Å². The molecule has 6 heteroatoms. The highest BCUT2D eigenvalue weighted by Gasteiger charge is 2.42. The van der Waals surface area contributed by atoms with Crippen molar-refractivity contribution < 1.29 is 14.3 Å². The number of hydrogen-bond acceptors (Lipinski definition) is 6. The number of benzene rings is 2. The highest BCUT2D eigenvalue weighted by molar-refractivity contribution is 6.06. The summed E-state index contributed by atoms with van der Waals surface area (Å²) in [4.78, 5) is 14.3. The van der Waals surface area contributed by atoms with Crippen molar-refractivity contribution in [2.24, 2.45) is 11.0 Å². The SMILES string of the molecule is CCOC(=O)/C=C(/C)N1N=C2c3cc(OC)ccc3CC[C@H]2[C@H]1c1ccc(N(C)C)cc1. The van der Waals surface area contributed by atoms with Crippen molar-refractivity contribution in [2.45, 2.75) is 32.7 Å². The summed E-state index contributed by atoms with van der Waals surface area (Å²) >= 11 is 0. The first-order valence-electron chi connectivity index (χ1n) is 11.1. The van der Waals surface area contributed by atoms with Crippen LogP contribution in [0.5, 0.6) is 5.75 Å². The van der Waals surface area contributed by atoms with E-state index < -0.39 is 0 Å². The molecule has 0 aromatic heterocycles. The maximum atomic E-state index is 12.2. The van der Waals surface area contributed by atoms with Crippen molar-refractivity contribution in [3.05, 3.63) is 70.9 Å². The lowest BCUT2D eigenvalue weighted by atomic mass is 9.77. The zero-order valence-corrected chi connectivity index (χ0v) is 19.5. The topological polar surface area (TPSA) is 54.4 Å². The van der Waals surface area contributed by atoms with Crippen molar-refractivity contribution in [2.75, 3.05) is 32.7 Å². The summed E-state index contributed by atoms with van der Waals surface area (Å²) < 4.78 is 10.6. The number of esters is 1. The van der Waals surface area contributed by atoms with E-state index in [1.165, 1.54) is 11.1 Å². The molecule has 32 heavy (non-hydrogen) atoms. The Morgan fingerprint density at radius 3 is 2.62 bits per heavy atom. The van der Waals surface area contributed by atoms with Crippen LogP contribution < -0.4 is 9.64 Å². The van der Waals surface area contributed by atoms with E-state index in [1.807, 2.05) is 39.0 Å². The summed E-state index contributed by atoms with van der Waals surface area (Å²) in [5, 5.41) is 7.06. The molecule has 2 aromatic carbocycles. The largest absolute Gasteiger partial charge is 0.497 e. The van der Waals surface area contributed by atoms with Gasteiger partial charge < -0.3 is 14.4 Å². The van der Waals surface area contributed by atoms with Crippen LogP contribution in [0.1, 0.15) is 43.0 Å². The maximum absolute atomic E-state index is 12.2. The molecule has 0 radical (unpaired) electrons. The zero-order valence-electron chi connectivity index (χ0n) is 19.5. The molecule has 0 bridgehead atoms. The molecule has 0 spiro atoms. The Bertz CT molecular complexity index is 1060. The number of carbonyl (C=O) groups excluding carboxylic acids is 1. The van der Waals surface area contributed by atoms with Gasteiger partial charge in [-0.25, -0.2) is 4.79 Å². The molecule has 0 saturated heterocycles. The van der Waals surface area contributed by atoms with Gasteiger partial charge in [-0.05, 0) is 62.1 Å². The number of hydrogen-bond donors (Lipinski definition) is 0. The van der Waals surface area contributed by atoms with Gasteiger partial charge in [0.25, 0.3) is 0 Å². The summed E-state index contributed by atoms with van der Waals surface area (Å²) in [6.45, 7) is 4.08. The first-order chi connectivity index (χ1) is 15.4. The second kappa shape index (κ2) is 9.07. The number of nitrogens with zero attached hydrogens (tertiary/aromatic N) is 3. The highest BCUT2D eigenvalue weighted by Crippen LogP contribution is 2.45. The van der Waals surface area contributed by atoms with Gasteiger partial charge in [-0.15, -0.1) is 0 Å². The fourth-order valence-electron chi connectivity index (χ4n) is 4.63. The minimum atomic E-state index is -0.344. The van der Waals surface area contributed by atoms with Crippen LogP contribution in [0, 0.1) is 5.92 Å². The molecule has 2 aliphatic rings. The van der Waals surface area contributed by atoms with Crippen LogP contribution in [0.15, 0.2) is 59.3 Å². The highest BCUT2D eigenvalue weighted by atomic mass is 16.5. The molecule has 1 aliphatic carbocycles. The maximum Gasteiger partial charge on any atom is 0.332 e. The number of ether oxygens (including phenoxy) is 2. The second-order valence-corrected chi connectivity index (χ2v) is 8.47. The van der Waals surface area contributed by atoms with Crippen molar-refractivity contribution >= 4 is 17.4 Å². The molecule has 1 heterocycles. The van der Waals surface area contributed by atoms with Gasteiger partial charge in [0.2, 0.25) is 0 Å². The third-order valence-electron chi connectivity index (χ3n) is 6.25. The molecule has 0 unspecified atom stereocenters. The molecular weight excluding hydrogens is 402 g/mol. The first-order valence-corrected chi connectivity index (χ1v) is 11.1. The lowest BCUT2D eigenvalue weighted by Gasteiger charge is -2.31. The van der Waals surface area contributed by atoms with E-state index in [2.05, 4.69) is 41.3 Å². The quantitative estimate of drug-likeness (QED) is 0.494. The summed E-state index contributed by atoms with van der Waals surface area (Å²) in [6, 6.07) is 14.9. The molecule has 1 aliphatic heterocycles. The van der Waals surface area contributed by atoms with Crippen LogP contribution >= 0.6 is 0 Å². The third-order valence-corrected chi connectivity index (χ3v) is 6.25. The van der Waals surface area contributed by atoms with E-state index in [4.69, 9.17) is 14.6 Å². The van der Waals surface area contributed by atoms with Gasteiger partial charge in [0, 0.05) is 43.0 Å². The molecule has 0 N–H and O–H groups in total. The van der Waals surface area contributed by atoms with Gasteiger partial charge in [-0.1, -0.05) is 18.2 Å². The predicted molar refractivity (Wildman–Crippen MR) is 127 cm³/mol. The third kappa shape index (κ3) is 4.09. The van der Waals surface area contributed by atoms with Gasteiger partial charge >= 0.3 is 5.97 Å². The Morgan fingerprint density at radius 2 is 1.97 bits per heavy atom. The number of hydrazone groups is 1. The molecular formula is C26H31N3O3. The van der Waals surface area contributed by atoms with Crippen LogP contribution in [0.4, 0.5) is 5.69 Å². The summed E-state index contributed by atoms with van der Waals surface area (Å²) in [5.74, 6) is 0.713. The number of rotatable bonds is 6. The van der Waals surface area contributed by atoms with Gasteiger partial charge in [0.05, 0.1) is 25.5 Å². The summed E-state index contributed by atoms with van der Waals surface area (Å²) in [7, 11) is 5.76. The monoisotopic (exact) mass is 433 g/mol. The number of carbonyl (C=O) groups is 1. The van der Waals surface area contributed by atoms with Crippen molar-refractivity contribution in [3.63, 3.8) is 0 Å². The number of fused-ring (bicyclic) bond motifs is 3. The summed E-state index contributed by atoms with van der Waals surface area (Å²) in [6.07, 6.45) is 3.53. The average molecular weight is 434 g/mol. The van der Waals surface area contributed by atoms with Crippen LogP contribution in [-0.2, 0) is 16.0 Å². The molecule has 4 rings (SSSR count). The fourth-order valence-corrected chi connectivity index (χ4v) is 4.63. The zero-order chi connectivity index (χ0) is 22.8. The minimum absolute atomic E-state index is 0.0197. The molecule has 6 nitrogen and oxygen atoms in total. The molecule has 0 saturated carbocycles. The minimum Gasteiger partial charge on any atom is -0.497 e. The van der Waals surface area contributed by atoms with Crippen LogP contribution in [0.3, 0.4) is 0 Å². The molecule has 0 fully saturated rings. The van der Waals surface area contributed by atoms with Gasteiger partial charge in [0.15, 0.2) is 0 Å². The van der Waals surface area contributed by atoms with Gasteiger partial charge in [0.1, 0.15) is 5.75 Å². The molecule has 2 aromatic rings. The fraction of sp³-hybridized carbons (Fsp3) is 0.385. The Morgan fingerprint density at radius 1 is 1.22 bits per heavy atom. The molecule has 2 atom stereocenters. The lowest BCUT2D eigenvalue weighted by Crippen LogP contribution is -2.28. The van der Waals surface area contributed by atoms with Crippen LogP contribution in [0.2, 0.25) is 0 Å². The van der Waals surface area contributed by atoms with E-state index in [0.29, 0.717) is 6.61 Å². The van der Waals surface area contributed by atoms with Crippen molar-refractivity contribution in [1.29, 1.82) is 0 Å². The Balaban J connectivity index is 1.78. The molecule has 0 amide bonds. The second-order valence-electron chi connectivity index (χ2n) is 8.47. The Hall–Kier alpha value is -3.28. The Labute approximate surface area is 190 Å².